The fraction of sp³-hybridized carbons (Fsp3) is 0.0588. The number of ether oxygens (including phenoxy) is 1. The van der Waals surface area contributed by atoms with Crippen molar-refractivity contribution < 1.29 is 19.4 Å². The molecule has 2 heterocycles. The first-order valence-corrected chi connectivity index (χ1v) is 7.64. The van der Waals surface area contributed by atoms with E-state index in [1.165, 1.54) is 17.4 Å². The van der Waals surface area contributed by atoms with Crippen molar-refractivity contribution in [2.75, 3.05) is 11.9 Å². The summed E-state index contributed by atoms with van der Waals surface area (Å²) >= 11 is 1.38. The van der Waals surface area contributed by atoms with Crippen molar-refractivity contribution in [1.29, 1.82) is 0 Å². The zero-order valence-corrected chi connectivity index (χ0v) is 13.0. The fourth-order valence-corrected chi connectivity index (χ4v) is 3.01. The summed E-state index contributed by atoms with van der Waals surface area (Å²) in [7, 11) is 1.70. The first-order valence-electron chi connectivity index (χ1n) is 6.82. The molecule has 1 aromatic carbocycles. The average Bonchev–Trinajstić information content (AvgIpc) is 2.98. The number of carboxylic acid groups (broad SMARTS) is 1. The second-order valence-electron chi connectivity index (χ2n) is 4.85. The lowest BCUT2D eigenvalue weighted by atomic mass is 10.2. The van der Waals surface area contributed by atoms with Gasteiger partial charge in [0.2, 0.25) is 0 Å². The molecule has 0 aliphatic carbocycles. The number of carboxylic acids is 1. The number of hydrogen-bond donors (Lipinski definition) is 1. The van der Waals surface area contributed by atoms with Crippen molar-refractivity contribution in [3.05, 3.63) is 58.0 Å². The predicted octanol–water partition coefficient (Wildman–Crippen LogP) is 3.24. The molecule has 0 saturated heterocycles. The van der Waals surface area contributed by atoms with Crippen LogP contribution in [0.4, 0.5) is 5.69 Å². The predicted molar refractivity (Wildman–Crippen MR) is 89.4 cm³/mol. The molecule has 1 aromatic heterocycles. The largest absolute Gasteiger partial charge is 0.478 e. The van der Waals surface area contributed by atoms with Gasteiger partial charge in [0.05, 0.1) is 5.69 Å². The molecule has 0 radical (unpaired) electrons. The first-order chi connectivity index (χ1) is 11.0. The van der Waals surface area contributed by atoms with Gasteiger partial charge in [0.25, 0.3) is 5.91 Å². The van der Waals surface area contributed by atoms with Crippen LogP contribution < -0.4 is 9.64 Å². The van der Waals surface area contributed by atoms with Gasteiger partial charge in [0.15, 0.2) is 11.5 Å². The number of anilines is 1. The Morgan fingerprint density at radius 1 is 1.22 bits per heavy atom. The van der Waals surface area contributed by atoms with Crippen molar-refractivity contribution >= 4 is 41.1 Å². The number of likely N-dealkylation sites (N-methyl/N-ethyl adjacent to an activating group) is 1. The molecule has 1 amide bonds. The summed E-state index contributed by atoms with van der Waals surface area (Å²) < 4.78 is 5.69. The Morgan fingerprint density at radius 2 is 1.96 bits per heavy atom. The number of aliphatic carboxylic acids is 1. The molecule has 6 heteroatoms. The minimum absolute atomic E-state index is 0.222. The fourth-order valence-electron chi connectivity index (χ4n) is 2.17. The van der Waals surface area contributed by atoms with Crippen LogP contribution in [0.5, 0.6) is 5.75 Å². The minimum Gasteiger partial charge on any atom is -0.478 e. The van der Waals surface area contributed by atoms with E-state index >= 15 is 0 Å². The highest BCUT2D eigenvalue weighted by Crippen LogP contribution is 2.34. The molecule has 0 spiro atoms. The van der Waals surface area contributed by atoms with E-state index in [0.29, 0.717) is 5.75 Å². The van der Waals surface area contributed by atoms with Gasteiger partial charge in [-0.3, -0.25) is 4.79 Å². The van der Waals surface area contributed by atoms with Crippen LogP contribution >= 0.6 is 11.3 Å². The number of benzene rings is 1. The molecule has 3 rings (SSSR count). The molecule has 0 atom stereocenters. The Balaban J connectivity index is 1.89. The van der Waals surface area contributed by atoms with E-state index in [9.17, 15) is 9.59 Å². The van der Waals surface area contributed by atoms with Crippen LogP contribution in [0, 0.1) is 0 Å². The summed E-state index contributed by atoms with van der Waals surface area (Å²) in [5, 5.41) is 8.64. The van der Waals surface area contributed by atoms with E-state index in [-0.39, 0.29) is 11.7 Å². The van der Waals surface area contributed by atoms with Gasteiger partial charge in [0, 0.05) is 29.0 Å². The zero-order valence-electron chi connectivity index (χ0n) is 12.2. The number of para-hydroxylation sites is 2. The highest BCUT2D eigenvalue weighted by Gasteiger charge is 2.27. The molecule has 0 fully saturated rings. The lowest BCUT2D eigenvalue weighted by Crippen LogP contribution is -2.33. The molecule has 5 nitrogen and oxygen atoms in total. The lowest BCUT2D eigenvalue weighted by molar-refractivity contribution is -0.131. The second kappa shape index (κ2) is 6.10. The average molecular weight is 327 g/mol. The highest BCUT2D eigenvalue weighted by molar-refractivity contribution is 7.13. The van der Waals surface area contributed by atoms with Gasteiger partial charge in [-0.25, -0.2) is 4.79 Å². The van der Waals surface area contributed by atoms with E-state index in [1.54, 1.807) is 24.1 Å². The van der Waals surface area contributed by atoms with Crippen molar-refractivity contribution in [3.8, 4) is 5.75 Å². The third-order valence-electron chi connectivity index (χ3n) is 3.27. The van der Waals surface area contributed by atoms with Crippen molar-refractivity contribution in [2.45, 2.75) is 0 Å². The van der Waals surface area contributed by atoms with Crippen LogP contribution in [0.3, 0.4) is 0 Å². The number of thiophene rings is 1. The Labute approximate surface area is 136 Å². The quantitative estimate of drug-likeness (QED) is 0.879. The summed E-state index contributed by atoms with van der Waals surface area (Å²) in [6, 6.07) is 10.9. The topological polar surface area (TPSA) is 66.8 Å². The summed E-state index contributed by atoms with van der Waals surface area (Å²) in [5.41, 5.74) is 0.728. The van der Waals surface area contributed by atoms with Gasteiger partial charge in [-0.05, 0) is 30.3 Å². The summed E-state index contributed by atoms with van der Waals surface area (Å²) in [6.07, 6.45) is 4.26. The van der Waals surface area contributed by atoms with Gasteiger partial charge in [0.1, 0.15) is 0 Å². The highest BCUT2D eigenvalue weighted by atomic mass is 32.1. The summed E-state index contributed by atoms with van der Waals surface area (Å²) in [4.78, 5) is 26.0. The van der Waals surface area contributed by atoms with Crippen LogP contribution in [0.1, 0.15) is 9.75 Å². The molecular weight excluding hydrogens is 314 g/mol. The molecule has 1 aliphatic rings. The van der Waals surface area contributed by atoms with Crippen molar-refractivity contribution in [1.82, 2.24) is 0 Å². The van der Waals surface area contributed by atoms with Gasteiger partial charge < -0.3 is 14.7 Å². The second-order valence-corrected chi connectivity index (χ2v) is 6.00. The van der Waals surface area contributed by atoms with Crippen LogP contribution in [0.2, 0.25) is 0 Å². The van der Waals surface area contributed by atoms with E-state index in [4.69, 9.17) is 9.84 Å². The summed E-state index contributed by atoms with van der Waals surface area (Å²) in [5.74, 6) is -0.354. The van der Waals surface area contributed by atoms with Crippen LogP contribution in [0.15, 0.2) is 48.2 Å². The van der Waals surface area contributed by atoms with Gasteiger partial charge in [-0.2, -0.15) is 0 Å². The van der Waals surface area contributed by atoms with Crippen LogP contribution in [0.25, 0.3) is 12.2 Å². The monoisotopic (exact) mass is 327 g/mol. The number of carbonyl (C=O) groups is 2. The maximum absolute atomic E-state index is 12.4. The molecule has 1 aliphatic heterocycles. The van der Waals surface area contributed by atoms with Crippen LogP contribution in [-0.4, -0.2) is 24.0 Å². The Bertz CT molecular complexity index is 835. The van der Waals surface area contributed by atoms with E-state index in [1.807, 2.05) is 30.3 Å². The molecule has 23 heavy (non-hydrogen) atoms. The zero-order chi connectivity index (χ0) is 16.4. The normalized spacial score (nSPS) is 15.8. The number of amides is 1. The molecule has 1 N–H and O–H groups in total. The Morgan fingerprint density at radius 3 is 2.74 bits per heavy atom. The molecule has 2 aromatic rings. The number of carbonyl (C=O) groups excluding carboxylic acids is 1. The number of fused-ring (bicyclic) bond motifs is 1. The molecule has 0 bridgehead atoms. The third-order valence-corrected chi connectivity index (χ3v) is 4.27. The SMILES string of the molecule is CN1C(=O)/C(=C/c2ccc(/C=C/C(=O)O)s2)Oc2ccccc21. The molecular formula is C17H13NO4S. The van der Waals surface area contributed by atoms with Crippen molar-refractivity contribution in [2.24, 2.45) is 0 Å². The third kappa shape index (κ3) is 3.17. The lowest BCUT2D eigenvalue weighted by Gasteiger charge is -2.27. The van der Waals surface area contributed by atoms with E-state index in [0.717, 1.165) is 21.5 Å². The van der Waals surface area contributed by atoms with E-state index < -0.39 is 5.97 Å². The van der Waals surface area contributed by atoms with Gasteiger partial charge >= 0.3 is 5.97 Å². The molecule has 116 valence electrons. The molecule has 0 saturated carbocycles. The Kier molecular flexibility index (Phi) is 3.99. The summed E-state index contributed by atoms with van der Waals surface area (Å²) in [6.45, 7) is 0. The van der Waals surface area contributed by atoms with Gasteiger partial charge in [-0.15, -0.1) is 11.3 Å². The molecule has 0 unspecified atom stereocenters. The Hall–Kier alpha value is -2.86. The van der Waals surface area contributed by atoms with Gasteiger partial charge in [-0.1, -0.05) is 12.1 Å². The first kappa shape index (κ1) is 15.1. The number of hydrogen-bond acceptors (Lipinski definition) is 4. The van der Waals surface area contributed by atoms with Crippen molar-refractivity contribution in [3.63, 3.8) is 0 Å². The van der Waals surface area contributed by atoms with E-state index in [2.05, 4.69) is 0 Å². The maximum atomic E-state index is 12.4. The minimum atomic E-state index is -0.998. The number of nitrogens with zero attached hydrogens (tertiary/aromatic N) is 1. The number of rotatable bonds is 3. The maximum Gasteiger partial charge on any atom is 0.328 e. The smallest absolute Gasteiger partial charge is 0.328 e. The standard InChI is InChI=1S/C17H13NO4S/c1-18-13-4-2-3-5-14(13)22-15(17(18)21)10-12-7-6-11(23-12)8-9-16(19)20/h2-10H,1H3,(H,19,20)/b9-8+,15-10-. The van der Waals surface area contributed by atoms with Crippen LogP contribution in [-0.2, 0) is 9.59 Å².